The normalized spacial score (nSPS) is 23.9. The Morgan fingerprint density at radius 1 is 1.24 bits per heavy atom. The summed E-state index contributed by atoms with van der Waals surface area (Å²) >= 11 is 0. The highest BCUT2D eigenvalue weighted by Gasteiger charge is 2.32. The van der Waals surface area contributed by atoms with Crippen molar-refractivity contribution in [2.75, 3.05) is 0 Å². The highest BCUT2D eigenvalue weighted by atomic mass is 16.6. The number of carbonyl (C=O) groups excluding carboxylic acids is 1. The second kappa shape index (κ2) is 5.29. The van der Waals surface area contributed by atoms with Gasteiger partial charge in [0.25, 0.3) is 0 Å². The van der Waals surface area contributed by atoms with Crippen LogP contribution < -0.4 is 0 Å². The van der Waals surface area contributed by atoms with Gasteiger partial charge >= 0.3 is 5.97 Å². The third-order valence-corrected chi connectivity index (χ3v) is 3.00. The smallest absolute Gasteiger partial charge is 0.306 e. The molecule has 3 atom stereocenters. The van der Waals surface area contributed by atoms with E-state index in [9.17, 15) is 15.0 Å². The van der Waals surface area contributed by atoms with Gasteiger partial charge in [-0.25, -0.2) is 0 Å². The number of esters is 1. The Hall–Kier alpha value is -1.39. The molecule has 0 unspecified atom stereocenters. The van der Waals surface area contributed by atoms with Crippen molar-refractivity contribution in [2.45, 2.75) is 37.6 Å². The Bertz CT molecular complexity index is 376. The molecule has 0 spiro atoms. The molecule has 17 heavy (non-hydrogen) atoms. The predicted octanol–water partition coefficient (Wildman–Crippen LogP) is 1.18. The minimum Gasteiger partial charge on any atom is -0.459 e. The summed E-state index contributed by atoms with van der Waals surface area (Å²) in [6, 6.07) is 8.89. The molecule has 1 aromatic rings. The van der Waals surface area contributed by atoms with Gasteiger partial charge in [0.1, 0.15) is 18.3 Å². The summed E-state index contributed by atoms with van der Waals surface area (Å²) in [5, 5.41) is 20.0. The lowest BCUT2D eigenvalue weighted by molar-refractivity contribution is -0.166. The van der Waals surface area contributed by atoms with Crippen LogP contribution in [0.2, 0.25) is 0 Å². The molecule has 0 amide bonds. The molecule has 2 rings (SSSR count). The van der Waals surface area contributed by atoms with Gasteiger partial charge in [-0.1, -0.05) is 30.3 Å². The third-order valence-electron chi connectivity index (χ3n) is 3.00. The number of hydrogen-bond acceptors (Lipinski definition) is 4. The van der Waals surface area contributed by atoms with Gasteiger partial charge in [0.15, 0.2) is 0 Å². The lowest BCUT2D eigenvalue weighted by Gasteiger charge is -2.29. The number of aliphatic hydroxyl groups excluding tert-OH is 2. The minimum atomic E-state index is -1.07. The Kier molecular flexibility index (Phi) is 3.76. The molecule has 0 bridgehead atoms. The Labute approximate surface area is 99.8 Å². The van der Waals surface area contributed by atoms with Crippen molar-refractivity contribution < 1.29 is 19.7 Å². The second-order valence-electron chi connectivity index (χ2n) is 4.27. The zero-order chi connectivity index (χ0) is 12.3. The summed E-state index contributed by atoms with van der Waals surface area (Å²) in [4.78, 5) is 11.1. The van der Waals surface area contributed by atoms with Crippen LogP contribution in [0.25, 0.3) is 0 Å². The molecule has 92 valence electrons. The second-order valence-corrected chi connectivity index (χ2v) is 4.27. The van der Waals surface area contributed by atoms with Crippen molar-refractivity contribution in [1.29, 1.82) is 0 Å². The van der Waals surface area contributed by atoms with E-state index in [2.05, 4.69) is 0 Å². The van der Waals surface area contributed by atoms with Crippen molar-refractivity contribution in [3.8, 4) is 0 Å². The highest BCUT2D eigenvalue weighted by Crippen LogP contribution is 2.25. The van der Waals surface area contributed by atoms with E-state index in [1.165, 1.54) is 0 Å². The molecular formula is C13H16O4. The fourth-order valence-electron chi connectivity index (χ4n) is 2.03. The van der Waals surface area contributed by atoms with Gasteiger partial charge in [-0.2, -0.15) is 0 Å². The molecule has 1 saturated heterocycles. The molecule has 2 N–H and O–H groups in total. The van der Waals surface area contributed by atoms with Crippen LogP contribution in [0.3, 0.4) is 0 Å². The van der Waals surface area contributed by atoms with Crippen LogP contribution >= 0.6 is 0 Å². The number of rotatable bonds is 3. The molecule has 1 aliphatic heterocycles. The molecule has 0 aliphatic carbocycles. The van der Waals surface area contributed by atoms with Gasteiger partial charge in [-0.3, -0.25) is 4.79 Å². The Morgan fingerprint density at radius 2 is 1.94 bits per heavy atom. The summed E-state index contributed by atoms with van der Waals surface area (Å²) in [5.41, 5.74) is 0.627. The summed E-state index contributed by atoms with van der Waals surface area (Å²) in [5.74, 6) is -0.305. The van der Waals surface area contributed by atoms with E-state index < -0.39 is 18.3 Å². The van der Waals surface area contributed by atoms with E-state index >= 15 is 0 Å². The van der Waals surface area contributed by atoms with Gasteiger partial charge in [0.2, 0.25) is 0 Å². The maximum absolute atomic E-state index is 11.1. The molecule has 4 nitrogen and oxygen atoms in total. The van der Waals surface area contributed by atoms with Crippen molar-refractivity contribution in [3.05, 3.63) is 35.9 Å². The first kappa shape index (κ1) is 12.1. The van der Waals surface area contributed by atoms with E-state index in [-0.39, 0.29) is 5.97 Å². The van der Waals surface area contributed by atoms with Gasteiger partial charge in [-0.15, -0.1) is 0 Å². The average molecular weight is 236 g/mol. The maximum atomic E-state index is 11.1. The largest absolute Gasteiger partial charge is 0.459 e. The number of carbonyl (C=O) groups is 1. The van der Waals surface area contributed by atoms with E-state index in [4.69, 9.17) is 4.74 Å². The lowest BCUT2D eigenvalue weighted by atomic mass is 9.96. The van der Waals surface area contributed by atoms with Crippen LogP contribution in [-0.2, 0) is 9.53 Å². The molecule has 4 heteroatoms. The fourth-order valence-corrected chi connectivity index (χ4v) is 2.03. The van der Waals surface area contributed by atoms with E-state index in [0.29, 0.717) is 24.8 Å². The molecule has 1 heterocycles. The molecule has 1 aliphatic rings. The van der Waals surface area contributed by atoms with E-state index in [1.807, 2.05) is 6.07 Å². The number of hydrogen-bond donors (Lipinski definition) is 2. The van der Waals surface area contributed by atoms with E-state index in [1.54, 1.807) is 24.3 Å². The summed E-state index contributed by atoms with van der Waals surface area (Å²) in [6.07, 6.45) is -1.01. The SMILES string of the molecule is O=C1CCC[C@H]([C@H](O)[C@H](O)c2ccccc2)O1. The summed E-state index contributed by atoms with van der Waals surface area (Å²) in [6.45, 7) is 0. The number of cyclic esters (lactones) is 1. The monoisotopic (exact) mass is 236 g/mol. The maximum Gasteiger partial charge on any atom is 0.306 e. The molecule has 1 fully saturated rings. The van der Waals surface area contributed by atoms with E-state index in [0.717, 1.165) is 0 Å². The third kappa shape index (κ3) is 2.84. The van der Waals surface area contributed by atoms with Crippen LogP contribution in [0.5, 0.6) is 0 Å². The van der Waals surface area contributed by atoms with Crippen LogP contribution in [-0.4, -0.2) is 28.4 Å². The molecule has 1 aromatic carbocycles. The van der Waals surface area contributed by atoms with Crippen molar-refractivity contribution in [3.63, 3.8) is 0 Å². The zero-order valence-corrected chi connectivity index (χ0v) is 9.45. The lowest BCUT2D eigenvalue weighted by Crippen LogP contribution is -2.38. The molecule has 0 radical (unpaired) electrons. The van der Waals surface area contributed by atoms with Gasteiger partial charge in [0, 0.05) is 6.42 Å². The first-order chi connectivity index (χ1) is 8.18. The Balaban J connectivity index is 2.04. The molecule has 0 saturated carbocycles. The van der Waals surface area contributed by atoms with Crippen LogP contribution in [0.1, 0.15) is 30.9 Å². The van der Waals surface area contributed by atoms with Gasteiger partial charge < -0.3 is 14.9 Å². The summed E-state index contributed by atoms with van der Waals surface area (Å²) in [7, 11) is 0. The quantitative estimate of drug-likeness (QED) is 0.773. The molecular weight excluding hydrogens is 220 g/mol. The van der Waals surface area contributed by atoms with Gasteiger partial charge in [-0.05, 0) is 18.4 Å². The van der Waals surface area contributed by atoms with Crippen LogP contribution in [0, 0.1) is 0 Å². The summed E-state index contributed by atoms with van der Waals surface area (Å²) < 4.78 is 5.04. The number of ether oxygens (including phenoxy) is 1. The minimum absolute atomic E-state index is 0.305. The fraction of sp³-hybridized carbons (Fsp3) is 0.462. The number of benzene rings is 1. The zero-order valence-electron chi connectivity index (χ0n) is 9.45. The van der Waals surface area contributed by atoms with Crippen molar-refractivity contribution >= 4 is 5.97 Å². The topological polar surface area (TPSA) is 66.8 Å². The van der Waals surface area contributed by atoms with Gasteiger partial charge in [0.05, 0.1) is 0 Å². The van der Waals surface area contributed by atoms with Crippen molar-refractivity contribution in [2.24, 2.45) is 0 Å². The first-order valence-corrected chi connectivity index (χ1v) is 5.79. The van der Waals surface area contributed by atoms with Crippen LogP contribution in [0.15, 0.2) is 30.3 Å². The van der Waals surface area contributed by atoms with Crippen LogP contribution in [0.4, 0.5) is 0 Å². The predicted molar refractivity (Wildman–Crippen MR) is 61.1 cm³/mol. The average Bonchev–Trinajstić information content (AvgIpc) is 2.38. The Morgan fingerprint density at radius 3 is 2.59 bits per heavy atom. The molecule has 0 aromatic heterocycles. The standard InChI is InChI=1S/C13H16O4/c14-11-8-4-7-10(17-11)13(16)12(15)9-5-2-1-3-6-9/h1-3,5-6,10,12-13,15-16H,4,7-8H2/t10-,12-,13+/m1/s1. The number of aliphatic hydroxyl groups is 2. The first-order valence-electron chi connectivity index (χ1n) is 5.79. The highest BCUT2D eigenvalue weighted by molar-refractivity contribution is 5.70. The van der Waals surface area contributed by atoms with Crippen molar-refractivity contribution in [1.82, 2.24) is 0 Å².